The van der Waals surface area contributed by atoms with E-state index in [1.807, 2.05) is 36.4 Å². The van der Waals surface area contributed by atoms with Crippen molar-refractivity contribution in [1.29, 1.82) is 0 Å². The number of fused-ring (bicyclic) bond motifs is 1. The summed E-state index contributed by atoms with van der Waals surface area (Å²) in [7, 11) is -1.90. The Morgan fingerprint density at radius 2 is 1.75 bits per heavy atom. The van der Waals surface area contributed by atoms with Crippen molar-refractivity contribution >= 4 is 37.1 Å². The zero-order valence-electron chi connectivity index (χ0n) is 16.7. The van der Waals surface area contributed by atoms with Crippen molar-refractivity contribution in [1.82, 2.24) is 0 Å². The van der Waals surface area contributed by atoms with E-state index in [9.17, 15) is 8.42 Å². The second kappa shape index (κ2) is 8.46. The molecule has 152 valence electrons. The topological polar surface area (TPSA) is 46.6 Å². The van der Waals surface area contributed by atoms with Crippen molar-refractivity contribution in [2.45, 2.75) is 44.4 Å². The van der Waals surface area contributed by atoms with Gasteiger partial charge in [0.25, 0.3) is 0 Å². The molecule has 0 aromatic heterocycles. The van der Waals surface area contributed by atoms with Gasteiger partial charge < -0.3 is 9.64 Å². The van der Waals surface area contributed by atoms with E-state index in [1.165, 1.54) is 0 Å². The molecule has 28 heavy (non-hydrogen) atoms. The summed E-state index contributed by atoms with van der Waals surface area (Å²) >= 11 is 3.54. The Morgan fingerprint density at radius 3 is 2.32 bits per heavy atom. The summed E-state index contributed by atoms with van der Waals surface area (Å²) < 4.78 is 33.2. The Morgan fingerprint density at radius 1 is 1.11 bits per heavy atom. The fourth-order valence-electron chi connectivity index (χ4n) is 4.41. The predicted octanol–water partition coefficient (Wildman–Crippen LogP) is 5.97. The van der Waals surface area contributed by atoms with Crippen LogP contribution in [0.3, 0.4) is 0 Å². The highest BCUT2D eigenvalue weighted by molar-refractivity contribution is 9.10. The van der Waals surface area contributed by atoms with Crippen LogP contribution in [0.1, 0.15) is 39.5 Å². The first-order valence-electron chi connectivity index (χ1n) is 9.78. The highest BCUT2D eigenvalue weighted by atomic mass is 79.9. The zero-order chi connectivity index (χ0) is 20.4. The molecule has 0 saturated heterocycles. The molecule has 0 fully saturated rings. The second-order valence-corrected chi connectivity index (χ2v) is 10.4. The van der Waals surface area contributed by atoms with Gasteiger partial charge in [0.1, 0.15) is 5.75 Å². The fourth-order valence-corrected chi connectivity index (χ4v) is 7.02. The predicted molar refractivity (Wildman–Crippen MR) is 118 cm³/mol. The maximum atomic E-state index is 13.5. The van der Waals surface area contributed by atoms with E-state index in [4.69, 9.17) is 4.74 Å². The summed E-state index contributed by atoms with van der Waals surface area (Å²) in [5.74, 6) is 0.705. The molecule has 3 rings (SSSR count). The third-order valence-electron chi connectivity index (χ3n) is 5.48. The molecule has 2 aromatic rings. The molecule has 1 aliphatic rings. The molecule has 0 unspecified atom stereocenters. The van der Waals surface area contributed by atoms with Gasteiger partial charge in [-0.2, -0.15) is 0 Å². The molecule has 6 heteroatoms. The molecule has 0 spiro atoms. The molecule has 0 radical (unpaired) electrons. The molecule has 1 aliphatic heterocycles. The van der Waals surface area contributed by atoms with Crippen molar-refractivity contribution in [3.05, 3.63) is 46.9 Å². The van der Waals surface area contributed by atoms with Crippen molar-refractivity contribution in [2.75, 3.05) is 24.3 Å². The van der Waals surface area contributed by atoms with Crippen LogP contribution in [0.25, 0.3) is 0 Å². The maximum Gasteiger partial charge on any atom is 0.181 e. The average Bonchev–Trinajstić information content (AvgIpc) is 2.75. The lowest BCUT2D eigenvalue weighted by molar-refractivity contribution is 0.281. The largest absolute Gasteiger partial charge is 0.496 e. The summed E-state index contributed by atoms with van der Waals surface area (Å²) in [4.78, 5) is 2.53. The number of hydrogen-bond acceptors (Lipinski definition) is 4. The van der Waals surface area contributed by atoms with Crippen LogP contribution in [0, 0.1) is 5.41 Å². The van der Waals surface area contributed by atoms with Crippen LogP contribution in [0.15, 0.2) is 51.8 Å². The molecule has 0 atom stereocenters. The van der Waals surface area contributed by atoms with Crippen LogP contribution in [0.2, 0.25) is 0 Å². The van der Waals surface area contributed by atoms with Gasteiger partial charge in [0.05, 0.1) is 27.9 Å². The van der Waals surface area contributed by atoms with E-state index in [0.29, 0.717) is 22.9 Å². The number of rotatable bonds is 6. The molecule has 0 N–H and O–H groups in total. The highest BCUT2D eigenvalue weighted by Gasteiger charge is 2.42. The summed E-state index contributed by atoms with van der Waals surface area (Å²) in [6.45, 7) is 4.95. The Hall–Kier alpha value is -1.53. The van der Waals surface area contributed by atoms with Gasteiger partial charge in [-0.1, -0.05) is 44.9 Å². The van der Waals surface area contributed by atoms with Crippen molar-refractivity contribution in [3.63, 3.8) is 0 Å². The monoisotopic (exact) mass is 465 g/mol. The number of halogens is 1. The van der Waals surface area contributed by atoms with Crippen LogP contribution in [0.4, 0.5) is 11.4 Å². The quantitative estimate of drug-likeness (QED) is 0.526. The summed E-state index contributed by atoms with van der Waals surface area (Å²) in [6, 6.07) is 13.6. The van der Waals surface area contributed by atoms with E-state index < -0.39 is 9.84 Å². The summed E-state index contributed by atoms with van der Waals surface area (Å²) in [6.07, 6.45) is 3.69. The average molecular weight is 466 g/mol. The van der Waals surface area contributed by atoms with Gasteiger partial charge in [-0.25, -0.2) is 8.42 Å². The van der Waals surface area contributed by atoms with Crippen LogP contribution >= 0.6 is 15.9 Å². The summed E-state index contributed by atoms with van der Waals surface area (Å²) in [5.41, 5.74) is 1.44. The number of sulfone groups is 1. The van der Waals surface area contributed by atoms with Gasteiger partial charge >= 0.3 is 0 Å². The SMILES string of the molecule is CCCC1(CCC)CN(c2ccccc2)c2cc(Br)c(OC)cc2S(=O)(=O)C1. The Bertz CT molecular complexity index is 922. The van der Waals surface area contributed by atoms with E-state index in [1.54, 1.807) is 13.2 Å². The first kappa shape index (κ1) is 21.2. The minimum atomic E-state index is -3.46. The Labute approximate surface area is 176 Å². The lowest BCUT2D eigenvalue weighted by atomic mass is 9.80. The van der Waals surface area contributed by atoms with E-state index in [-0.39, 0.29) is 11.2 Å². The molecule has 0 saturated carbocycles. The smallest absolute Gasteiger partial charge is 0.181 e. The minimum absolute atomic E-state index is 0.169. The van der Waals surface area contributed by atoms with Gasteiger partial charge in [-0.3, -0.25) is 0 Å². The Balaban J connectivity index is 2.28. The van der Waals surface area contributed by atoms with Crippen LogP contribution in [-0.2, 0) is 9.84 Å². The Kier molecular flexibility index (Phi) is 6.40. The van der Waals surface area contributed by atoms with Gasteiger partial charge in [0.15, 0.2) is 9.84 Å². The fraction of sp³-hybridized carbons (Fsp3) is 0.455. The summed E-state index contributed by atoms with van der Waals surface area (Å²) in [5, 5.41) is 0. The van der Waals surface area contributed by atoms with Crippen molar-refractivity contribution in [2.24, 2.45) is 5.41 Å². The molecule has 0 amide bonds. The number of ether oxygens (including phenoxy) is 1. The second-order valence-electron chi connectivity index (χ2n) is 7.64. The molecule has 0 bridgehead atoms. The van der Waals surface area contributed by atoms with Crippen LogP contribution in [0.5, 0.6) is 5.75 Å². The molecule has 1 heterocycles. The number of benzene rings is 2. The van der Waals surface area contributed by atoms with Gasteiger partial charge in [0.2, 0.25) is 0 Å². The van der Waals surface area contributed by atoms with Crippen molar-refractivity contribution < 1.29 is 13.2 Å². The molecule has 4 nitrogen and oxygen atoms in total. The van der Waals surface area contributed by atoms with Crippen LogP contribution in [-0.4, -0.2) is 27.8 Å². The number of methoxy groups -OCH3 is 1. The molecular formula is C22H28BrNO3S. The molecule has 0 aliphatic carbocycles. The van der Waals surface area contributed by atoms with Gasteiger partial charge in [0, 0.05) is 23.7 Å². The molecular weight excluding hydrogens is 438 g/mol. The first-order chi connectivity index (χ1) is 13.4. The zero-order valence-corrected chi connectivity index (χ0v) is 19.1. The highest BCUT2D eigenvalue weighted by Crippen LogP contribution is 2.46. The number of para-hydroxylation sites is 1. The van der Waals surface area contributed by atoms with Crippen molar-refractivity contribution in [3.8, 4) is 5.75 Å². The number of nitrogens with zero attached hydrogens (tertiary/aromatic N) is 1. The minimum Gasteiger partial charge on any atom is -0.496 e. The number of hydrogen-bond donors (Lipinski definition) is 0. The van der Waals surface area contributed by atoms with Gasteiger partial charge in [-0.05, 0) is 47.0 Å². The third kappa shape index (κ3) is 4.08. The van der Waals surface area contributed by atoms with E-state index in [2.05, 4.69) is 34.7 Å². The van der Waals surface area contributed by atoms with Gasteiger partial charge in [-0.15, -0.1) is 0 Å². The number of anilines is 2. The molecule has 2 aromatic carbocycles. The van der Waals surface area contributed by atoms with Crippen LogP contribution < -0.4 is 9.64 Å². The maximum absolute atomic E-state index is 13.5. The normalized spacial score (nSPS) is 17.6. The third-order valence-corrected chi connectivity index (χ3v) is 8.09. The van der Waals surface area contributed by atoms with E-state index >= 15 is 0 Å². The standard InChI is InChI=1S/C22H28BrNO3S/c1-4-11-22(12-5-2)15-24(17-9-7-6-8-10-17)19-13-18(23)20(27-3)14-21(19)28(25,26)16-22/h6-10,13-14H,4-5,11-12,15-16H2,1-3H3. The first-order valence-corrected chi connectivity index (χ1v) is 12.2. The van der Waals surface area contributed by atoms with E-state index in [0.717, 1.165) is 35.8 Å². The lowest BCUT2D eigenvalue weighted by Gasteiger charge is -2.37. The lowest BCUT2D eigenvalue weighted by Crippen LogP contribution is -2.38.